The van der Waals surface area contributed by atoms with E-state index in [0.717, 1.165) is 0 Å². The maximum absolute atomic E-state index is 2.34. The Bertz CT molecular complexity index is 616. The molecule has 0 spiro atoms. The summed E-state index contributed by atoms with van der Waals surface area (Å²) in [5.41, 5.74) is 4.08. The molecule has 0 radical (unpaired) electrons. The molecule has 1 aliphatic rings. The number of hydrazone groups is 1. The summed E-state index contributed by atoms with van der Waals surface area (Å²) in [5, 5.41) is 2.34. The Labute approximate surface area is 121 Å². The Balaban J connectivity index is 2.02. The lowest BCUT2D eigenvalue weighted by Crippen LogP contribution is -2.28. The zero-order valence-electron chi connectivity index (χ0n) is 12.3. The molecular formula is C18H21N2+. The number of hydrogen-bond acceptors (Lipinski definition) is 1. The molecule has 2 heteroatoms. The van der Waals surface area contributed by atoms with Crippen molar-refractivity contribution in [2.45, 2.75) is 13.0 Å². The molecule has 2 atom stereocenters. The zero-order valence-corrected chi connectivity index (χ0v) is 12.3. The first-order valence-corrected chi connectivity index (χ1v) is 7.14. The lowest BCUT2D eigenvalue weighted by atomic mass is 9.89. The van der Waals surface area contributed by atoms with Gasteiger partial charge in [-0.05, 0) is 24.6 Å². The molecule has 3 rings (SSSR count). The van der Waals surface area contributed by atoms with Crippen molar-refractivity contribution in [2.24, 2.45) is 5.92 Å². The van der Waals surface area contributed by atoms with E-state index in [9.17, 15) is 0 Å². The number of nitrogens with zero attached hydrogens (tertiary/aromatic N) is 2. The summed E-state index contributed by atoms with van der Waals surface area (Å²) in [7, 11) is 4.33. The third-order valence-electron chi connectivity index (χ3n) is 4.34. The molecule has 2 aromatic rings. The third-order valence-corrected chi connectivity index (χ3v) is 4.34. The van der Waals surface area contributed by atoms with Crippen molar-refractivity contribution in [1.29, 1.82) is 0 Å². The molecule has 2 unspecified atom stereocenters. The molecule has 102 valence electrons. The van der Waals surface area contributed by atoms with Gasteiger partial charge in [-0.2, -0.15) is 5.01 Å². The fraction of sp³-hybridized carbons (Fsp3) is 0.278. The number of hydrazine groups is 1. The number of benzene rings is 2. The molecule has 0 amide bonds. The highest BCUT2D eigenvalue weighted by atomic mass is 15.6. The number of hydrogen-bond donors (Lipinski definition) is 0. The van der Waals surface area contributed by atoms with Crippen LogP contribution in [0.15, 0.2) is 60.7 Å². The second kappa shape index (κ2) is 5.12. The molecule has 1 aliphatic heterocycles. The van der Waals surface area contributed by atoms with Gasteiger partial charge in [0.25, 0.3) is 0 Å². The SMILES string of the molecule is CC1C(c2ccccc2)=[N+](C)N(C)C1c1ccccc1. The van der Waals surface area contributed by atoms with Gasteiger partial charge >= 0.3 is 0 Å². The Morgan fingerprint density at radius 1 is 0.900 bits per heavy atom. The number of rotatable bonds is 2. The molecule has 0 N–H and O–H groups in total. The smallest absolute Gasteiger partial charge is 0.181 e. The minimum Gasteiger partial charge on any atom is -0.181 e. The summed E-state index contributed by atoms with van der Waals surface area (Å²) < 4.78 is 2.29. The molecule has 2 aromatic carbocycles. The first-order valence-electron chi connectivity index (χ1n) is 7.14. The normalized spacial score (nSPS) is 22.4. The average molecular weight is 265 g/mol. The quantitative estimate of drug-likeness (QED) is 0.755. The van der Waals surface area contributed by atoms with E-state index in [1.54, 1.807) is 0 Å². The molecule has 0 aromatic heterocycles. The van der Waals surface area contributed by atoms with Crippen molar-refractivity contribution in [2.75, 3.05) is 14.1 Å². The lowest BCUT2D eigenvalue weighted by Gasteiger charge is -2.20. The van der Waals surface area contributed by atoms with Crippen LogP contribution in [0, 0.1) is 5.92 Å². The van der Waals surface area contributed by atoms with Crippen LogP contribution in [0.5, 0.6) is 0 Å². The van der Waals surface area contributed by atoms with Crippen LogP contribution in [0.1, 0.15) is 24.1 Å². The van der Waals surface area contributed by atoms with Crippen LogP contribution in [0.4, 0.5) is 0 Å². The highest BCUT2D eigenvalue weighted by Gasteiger charge is 2.43. The van der Waals surface area contributed by atoms with Crippen LogP contribution in [0.25, 0.3) is 0 Å². The predicted octanol–water partition coefficient (Wildman–Crippen LogP) is 3.36. The van der Waals surface area contributed by atoms with Crippen molar-refractivity contribution >= 4 is 5.71 Å². The highest BCUT2D eigenvalue weighted by Crippen LogP contribution is 2.35. The Kier molecular flexibility index (Phi) is 3.31. The summed E-state index contributed by atoms with van der Waals surface area (Å²) in [5.74, 6) is 0.467. The van der Waals surface area contributed by atoms with Gasteiger partial charge < -0.3 is 0 Å². The average Bonchev–Trinajstić information content (AvgIpc) is 2.71. The maximum atomic E-state index is 2.34. The minimum absolute atomic E-state index is 0.399. The first-order chi connectivity index (χ1) is 9.70. The van der Waals surface area contributed by atoms with Crippen molar-refractivity contribution in [3.63, 3.8) is 0 Å². The molecular weight excluding hydrogens is 244 g/mol. The summed E-state index contributed by atoms with van der Waals surface area (Å²) in [4.78, 5) is 0. The molecule has 0 bridgehead atoms. The van der Waals surface area contributed by atoms with Gasteiger partial charge in [0.15, 0.2) is 7.05 Å². The first kappa shape index (κ1) is 12.9. The van der Waals surface area contributed by atoms with Crippen LogP contribution in [-0.2, 0) is 0 Å². The predicted molar refractivity (Wildman–Crippen MR) is 82.8 cm³/mol. The molecule has 0 fully saturated rings. The zero-order chi connectivity index (χ0) is 14.1. The van der Waals surface area contributed by atoms with Crippen LogP contribution in [-0.4, -0.2) is 29.5 Å². The lowest BCUT2D eigenvalue weighted by molar-refractivity contribution is -0.660. The van der Waals surface area contributed by atoms with Crippen LogP contribution in [0.2, 0.25) is 0 Å². The van der Waals surface area contributed by atoms with E-state index >= 15 is 0 Å². The summed E-state index contributed by atoms with van der Waals surface area (Å²) in [6, 6.07) is 21.9. The van der Waals surface area contributed by atoms with Crippen molar-refractivity contribution in [1.82, 2.24) is 5.01 Å². The minimum atomic E-state index is 0.399. The van der Waals surface area contributed by atoms with E-state index in [1.165, 1.54) is 16.8 Å². The van der Waals surface area contributed by atoms with Gasteiger partial charge in [0, 0.05) is 5.56 Å². The standard InChI is InChI=1S/C18H21N2/c1-14-17(15-10-6-4-7-11-15)19(2)20(3)18(14)16-12-8-5-9-13-16/h4-14,17H,1-3H3/q+1. The topological polar surface area (TPSA) is 6.25 Å². The van der Waals surface area contributed by atoms with E-state index in [4.69, 9.17) is 0 Å². The second-order valence-corrected chi connectivity index (χ2v) is 5.49. The largest absolute Gasteiger partial charge is 0.218 e. The van der Waals surface area contributed by atoms with Crippen LogP contribution >= 0.6 is 0 Å². The third kappa shape index (κ3) is 2.01. The van der Waals surface area contributed by atoms with Gasteiger partial charge in [0.1, 0.15) is 6.04 Å². The molecule has 0 saturated heterocycles. The van der Waals surface area contributed by atoms with E-state index in [2.05, 4.69) is 91.4 Å². The van der Waals surface area contributed by atoms with E-state index in [-0.39, 0.29) is 0 Å². The Morgan fingerprint density at radius 3 is 2.05 bits per heavy atom. The van der Waals surface area contributed by atoms with Gasteiger partial charge in [-0.3, -0.25) is 0 Å². The van der Waals surface area contributed by atoms with E-state index in [1.807, 2.05) is 0 Å². The molecule has 1 heterocycles. The van der Waals surface area contributed by atoms with Gasteiger partial charge in [0.2, 0.25) is 5.71 Å². The second-order valence-electron chi connectivity index (χ2n) is 5.49. The van der Waals surface area contributed by atoms with Gasteiger partial charge in [0.05, 0.1) is 13.0 Å². The monoisotopic (exact) mass is 265 g/mol. The molecule has 0 aliphatic carbocycles. The molecule has 20 heavy (non-hydrogen) atoms. The van der Waals surface area contributed by atoms with E-state index in [0.29, 0.717) is 12.0 Å². The van der Waals surface area contributed by atoms with Gasteiger partial charge in [-0.15, -0.1) is 4.68 Å². The fourth-order valence-electron chi connectivity index (χ4n) is 3.34. The highest BCUT2D eigenvalue weighted by molar-refractivity contribution is 5.99. The van der Waals surface area contributed by atoms with Crippen LogP contribution in [0.3, 0.4) is 0 Å². The summed E-state index contributed by atoms with van der Waals surface area (Å²) in [6.45, 7) is 2.32. The maximum Gasteiger partial charge on any atom is 0.218 e. The Hall–Kier alpha value is -2.09. The molecule has 2 nitrogen and oxygen atoms in total. The van der Waals surface area contributed by atoms with Crippen molar-refractivity contribution in [3.05, 3.63) is 71.8 Å². The summed E-state index contributed by atoms with van der Waals surface area (Å²) in [6.07, 6.45) is 0. The van der Waals surface area contributed by atoms with E-state index < -0.39 is 0 Å². The Morgan fingerprint density at radius 2 is 1.45 bits per heavy atom. The van der Waals surface area contributed by atoms with Crippen molar-refractivity contribution < 1.29 is 4.68 Å². The van der Waals surface area contributed by atoms with Crippen LogP contribution < -0.4 is 0 Å². The fourth-order valence-corrected chi connectivity index (χ4v) is 3.34. The van der Waals surface area contributed by atoms with Gasteiger partial charge in [-0.25, -0.2) is 0 Å². The van der Waals surface area contributed by atoms with Gasteiger partial charge in [-0.1, -0.05) is 48.5 Å². The summed E-state index contributed by atoms with van der Waals surface area (Å²) >= 11 is 0. The molecule has 0 saturated carbocycles. The van der Waals surface area contributed by atoms with Crippen molar-refractivity contribution in [3.8, 4) is 0 Å².